The summed E-state index contributed by atoms with van der Waals surface area (Å²) in [6.45, 7) is 6.86. The molecule has 1 unspecified atom stereocenters. The monoisotopic (exact) mass is 236 g/mol. The van der Waals surface area contributed by atoms with E-state index in [0.717, 1.165) is 11.3 Å². The molecule has 1 aromatic rings. The van der Waals surface area contributed by atoms with Crippen LogP contribution in [0, 0.1) is 13.8 Å². The van der Waals surface area contributed by atoms with Gasteiger partial charge in [0.15, 0.2) is 0 Å². The Bertz CT molecular complexity index is 532. The molecule has 7 heteroatoms. The topological polar surface area (TPSA) is 89.4 Å². The maximum absolute atomic E-state index is 11.5. The van der Waals surface area contributed by atoms with Gasteiger partial charge in [0.1, 0.15) is 0 Å². The van der Waals surface area contributed by atoms with Crippen LogP contribution in [0.25, 0.3) is 0 Å². The van der Waals surface area contributed by atoms with Gasteiger partial charge in [-0.3, -0.25) is 0 Å². The molecule has 7 nitrogen and oxygen atoms in total. The van der Waals surface area contributed by atoms with Crippen molar-refractivity contribution in [3.05, 3.63) is 11.3 Å². The van der Waals surface area contributed by atoms with Crippen molar-refractivity contribution < 1.29 is 14.2 Å². The summed E-state index contributed by atoms with van der Waals surface area (Å²) in [5.74, 6) is -0.260. The number of hydrogen-bond donors (Lipinski definition) is 0. The molecule has 0 spiro atoms. The van der Waals surface area contributed by atoms with E-state index in [1.165, 1.54) is 0 Å². The molecular weight excluding hydrogens is 224 g/mol. The zero-order valence-electron chi connectivity index (χ0n) is 10.0. The van der Waals surface area contributed by atoms with Crippen molar-refractivity contribution in [2.24, 2.45) is 15.4 Å². The number of nitrogens with zero attached hydrogens (tertiary/aromatic N) is 4. The lowest BCUT2D eigenvalue weighted by Crippen LogP contribution is -2.35. The number of oxime groups is 1. The van der Waals surface area contributed by atoms with Crippen LogP contribution >= 0.6 is 0 Å². The summed E-state index contributed by atoms with van der Waals surface area (Å²) >= 11 is 0. The lowest BCUT2D eigenvalue weighted by atomic mass is 10.00. The van der Waals surface area contributed by atoms with Gasteiger partial charge in [-0.2, -0.15) is 5.11 Å². The van der Waals surface area contributed by atoms with Crippen molar-refractivity contribution in [1.29, 1.82) is 0 Å². The number of hydrogen-bond acceptors (Lipinski definition) is 7. The fourth-order valence-corrected chi connectivity index (χ4v) is 1.19. The minimum atomic E-state index is -1.17. The van der Waals surface area contributed by atoms with Crippen molar-refractivity contribution >= 4 is 17.6 Å². The molecule has 0 radical (unpaired) electrons. The van der Waals surface area contributed by atoms with E-state index < -0.39 is 11.5 Å². The highest BCUT2D eigenvalue weighted by Crippen LogP contribution is 2.26. The first-order valence-corrected chi connectivity index (χ1v) is 5.07. The molecule has 1 aliphatic heterocycles. The van der Waals surface area contributed by atoms with Crippen LogP contribution in [0.3, 0.4) is 0 Å². The number of carbonyl (C=O) groups is 1. The lowest BCUT2D eigenvalue weighted by Gasteiger charge is -2.10. The van der Waals surface area contributed by atoms with Crippen LogP contribution in [0.4, 0.5) is 5.88 Å². The van der Waals surface area contributed by atoms with Crippen molar-refractivity contribution in [2.75, 3.05) is 0 Å². The summed E-state index contributed by atoms with van der Waals surface area (Å²) in [5.41, 5.74) is 0.814. The third-order valence-electron chi connectivity index (χ3n) is 2.84. The van der Waals surface area contributed by atoms with Gasteiger partial charge in [0.05, 0.1) is 11.4 Å². The average Bonchev–Trinajstić information content (AvgIpc) is 2.74. The Kier molecular flexibility index (Phi) is 2.53. The molecule has 2 heterocycles. The zero-order valence-corrected chi connectivity index (χ0v) is 10.0. The van der Waals surface area contributed by atoms with E-state index in [1.54, 1.807) is 20.8 Å². The van der Waals surface area contributed by atoms with Crippen molar-refractivity contribution in [3.63, 3.8) is 0 Å². The highest BCUT2D eigenvalue weighted by Gasteiger charge is 2.44. The number of rotatable bonds is 2. The third kappa shape index (κ3) is 1.73. The van der Waals surface area contributed by atoms with Gasteiger partial charge in [0, 0.05) is 5.56 Å². The number of carbonyl (C=O) groups excluding carboxylic acids is 1. The summed E-state index contributed by atoms with van der Waals surface area (Å²) in [6, 6.07) is 0. The predicted molar refractivity (Wildman–Crippen MR) is 58.1 cm³/mol. The summed E-state index contributed by atoms with van der Waals surface area (Å²) < 4.78 is 4.97. The average molecular weight is 236 g/mol. The van der Waals surface area contributed by atoms with E-state index in [-0.39, 0.29) is 5.88 Å². The smallest absolute Gasteiger partial charge is 0.334 e. The summed E-state index contributed by atoms with van der Waals surface area (Å²) in [5, 5.41) is 15.2. The van der Waals surface area contributed by atoms with Gasteiger partial charge in [-0.05, 0) is 27.7 Å². The molecule has 1 aromatic heterocycles. The Balaban J connectivity index is 2.30. The van der Waals surface area contributed by atoms with Crippen LogP contribution in [-0.4, -0.2) is 22.4 Å². The fraction of sp³-hybridized carbons (Fsp3) is 0.500. The Labute approximate surface area is 97.5 Å². The Morgan fingerprint density at radius 2 is 2.00 bits per heavy atom. The number of aryl methyl sites for hydroxylation is 1. The van der Waals surface area contributed by atoms with Crippen LogP contribution in [0.5, 0.6) is 0 Å². The van der Waals surface area contributed by atoms with Gasteiger partial charge in [-0.15, -0.1) is 5.11 Å². The SMILES string of the molecule is CC1=NOC(=O)C1(C)N=Nc1onc(C)c1C. The Morgan fingerprint density at radius 1 is 1.29 bits per heavy atom. The molecule has 0 saturated carbocycles. The Morgan fingerprint density at radius 3 is 2.47 bits per heavy atom. The minimum absolute atomic E-state index is 0.288. The molecule has 0 N–H and O–H groups in total. The molecule has 2 rings (SSSR count). The van der Waals surface area contributed by atoms with E-state index in [9.17, 15) is 4.79 Å². The molecule has 0 amide bonds. The molecule has 0 bridgehead atoms. The highest BCUT2D eigenvalue weighted by atomic mass is 16.7. The number of aromatic nitrogens is 1. The number of azo groups is 1. The van der Waals surface area contributed by atoms with E-state index in [4.69, 9.17) is 4.52 Å². The second-order valence-corrected chi connectivity index (χ2v) is 4.03. The summed E-state index contributed by atoms with van der Waals surface area (Å²) in [6.07, 6.45) is 0. The van der Waals surface area contributed by atoms with Gasteiger partial charge in [-0.1, -0.05) is 10.3 Å². The van der Waals surface area contributed by atoms with E-state index in [2.05, 4.69) is 25.4 Å². The van der Waals surface area contributed by atoms with Gasteiger partial charge in [0.25, 0.3) is 5.88 Å². The Hall–Kier alpha value is -2.05. The molecule has 0 fully saturated rings. The first-order chi connectivity index (χ1) is 7.95. The molecule has 0 saturated heterocycles. The van der Waals surface area contributed by atoms with E-state index in [1.807, 2.05) is 6.92 Å². The molecule has 17 heavy (non-hydrogen) atoms. The van der Waals surface area contributed by atoms with E-state index >= 15 is 0 Å². The van der Waals surface area contributed by atoms with Crippen molar-refractivity contribution in [2.45, 2.75) is 33.2 Å². The second kappa shape index (κ2) is 3.76. The maximum Gasteiger partial charge on any atom is 0.369 e. The highest BCUT2D eigenvalue weighted by molar-refractivity contribution is 6.12. The molecule has 0 aliphatic carbocycles. The van der Waals surface area contributed by atoms with Crippen LogP contribution < -0.4 is 0 Å². The standard InChI is InChI=1S/C10H12N4O3/c1-5-6(2)12-16-8(5)11-14-10(4)7(3)13-17-9(10)15/h1-4H3. The largest absolute Gasteiger partial charge is 0.369 e. The molecule has 1 atom stereocenters. The zero-order chi connectivity index (χ0) is 12.6. The van der Waals surface area contributed by atoms with E-state index in [0.29, 0.717) is 5.71 Å². The molecule has 90 valence electrons. The first-order valence-electron chi connectivity index (χ1n) is 5.07. The lowest BCUT2D eigenvalue weighted by molar-refractivity contribution is -0.144. The molecular formula is C10H12N4O3. The van der Waals surface area contributed by atoms with Gasteiger partial charge in [0.2, 0.25) is 5.54 Å². The third-order valence-corrected chi connectivity index (χ3v) is 2.84. The van der Waals surface area contributed by atoms with Crippen LogP contribution in [-0.2, 0) is 9.63 Å². The van der Waals surface area contributed by atoms with Gasteiger partial charge >= 0.3 is 5.97 Å². The fourth-order valence-electron chi connectivity index (χ4n) is 1.19. The van der Waals surface area contributed by atoms with Crippen molar-refractivity contribution in [3.8, 4) is 0 Å². The molecule has 0 aromatic carbocycles. The summed E-state index contributed by atoms with van der Waals surface area (Å²) in [7, 11) is 0. The second-order valence-electron chi connectivity index (χ2n) is 4.03. The predicted octanol–water partition coefficient (Wildman–Crippen LogP) is 2.07. The van der Waals surface area contributed by atoms with Gasteiger partial charge < -0.3 is 9.36 Å². The normalized spacial score (nSPS) is 24.2. The van der Waals surface area contributed by atoms with Crippen molar-refractivity contribution in [1.82, 2.24) is 5.16 Å². The minimum Gasteiger partial charge on any atom is -0.334 e. The van der Waals surface area contributed by atoms with Crippen LogP contribution in [0.2, 0.25) is 0 Å². The quantitative estimate of drug-likeness (QED) is 0.580. The maximum atomic E-state index is 11.5. The first kappa shape index (κ1) is 11.4. The molecule has 1 aliphatic rings. The van der Waals surface area contributed by atoms with Crippen LogP contribution in [0.15, 0.2) is 19.9 Å². The van der Waals surface area contributed by atoms with Crippen LogP contribution in [0.1, 0.15) is 25.1 Å². The summed E-state index contributed by atoms with van der Waals surface area (Å²) in [4.78, 5) is 16.0. The van der Waals surface area contributed by atoms with Gasteiger partial charge in [-0.25, -0.2) is 4.79 Å².